The van der Waals surface area contributed by atoms with Crippen molar-refractivity contribution in [3.05, 3.63) is 74.2 Å². The maximum absolute atomic E-state index is 13.5. The number of Topliss-reactive ketones (excluding diaryl/α,β-unsaturated/α-hetero) is 1. The highest BCUT2D eigenvalue weighted by molar-refractivity contribution is 6.00. The van der Waals surface area contributed by atoms with Crippen molar-refractivity contribution in [1.82, 2.24) is 34.3 Å². The standard InChI is InChI=1S/C43H55N9O9/c1-28-24-33(25-38(55)51(28)35-9-11-37(54)47-41(35)56)61-23-22-60-21-20-59-19-18-58-17-16-49-12-14-50(15-13-49)32-8-10-36(44-26-32)46-43-45-27-34-29(2)39(30(3)53)42(57)52(40(34)48-43)31-6-4-5-7-31/h8,10,24-27,31,35H,4-7,9,11-23H2,1-3H3,(H,47,54,56)(H,44,45,46,48). The Labute approximate surface area is 353 Å². The number of anilines is 3. The maximum atomic E-state index is 13.5. The van der Waals surface area contributed by atoms with Crippen molar-refractivity contribution in [3.8, 4) is 5.75 Å². The summed E-state index contributed by atoms with van der Waals surface area (Å²) in [5.41, 5.74) is 2.34. The first kappa shape index (κ1) is 43.5. The van der Waals surface area contributed by atoms with Crippen LogP contribution in [0.4, 0.5) is 17.5 Å². The quantitative estimate of drug-likeness (QED) is 0.0791. The number of ketones is 1. The highest BCUT2D eigenvalue weighted by Gasteiger charge is 2.30. The Morgan fingerprint density at radius 3 is 2.20 bits per heavy atom. The van der Waals surface area contributed by atoms with Crippen molar-refractivity contribution >= 4 is 46.1 Å². The van der Waals surface area contributed by atoms with Crippen LogP contribution in [0.15, 0.2) is 46.2 Å². The molecule has 3 aliphatic rings. The molecule has 0 spiro atoms. The molecule has 1 unspecified atom stereocenters. The smallest absolute Gasteiger partial charge is 0.263 e. The summed E-state index contributed by atoms with van der Waals surface area (Å²) in [6.07, 6.45) is 7.85. The number of piperidine rings is 1. The molecular weight excluding hydrogens is 787 g/mol. The number of carbonyl (C=O) groups is 3. The number of ether oxygens (including phenoxy) is 4. The molecule has 2 saturated heterocycles. The van der Waals surface area contributed by atoms with E-state index in [4.69, 9.17) is 23.9 Å². The largest absolute Gasteiger partial charge is 0.491 e. The first-order chi connectivity index (χ1) is 29.6. The summed E-state index contributed by atoms with van der Waals surface area (Å²) in [7, 11) is 0. The first-order valence-corrected chi connectivity index (χ1v) is 21.1. The molecule has 0 bridgehead atoms. The molecule has 18 heteroatoms. The molecule has 61 heavy (non-hydrogen) atoms. The SMILES string of the molecule is CC(=O)c1c(C)c2cnc(Nc3ccc(N4CCN(CCOCCOCCOCCOc5cc(C)n(C6CCC(=O)NC6=O)c(=O)c5)CC4)cn3)nc2n(C2CCCC2)c1=O. The second kappa shape index (κ2) is 20.3. The lowest BCUT2D eigenvalue weighted by atomic mass is 10.0. The van der Waals surface area contributed by atoms with E-state index in [-0.39, 0.29) is 53.9 Å². The van der Waals surface area contributed by atoms with E-state index in [1.807, 2.05) is 18.3 Å². The summed E-state index contributed by atoms with van der Waals surface area (Å²) in [4.78, 5) is 81.0. The van der Waals surface area contributed by atoms with Crippen molar-refractivity contribution in [2.24, 2.45) is 0 Å². The van der Waals surface area contributed by atoms with E-state index in [9.17, 15) is 24.0 Å². The van der Waals surface area contributed by atoms with Crippen LogP contribution in [0, 0.1) is 13.8 Å². The van der Waals surface area contributed by atoms with Crippen LogP contribution in [0.2, 0.25) is 0 Å². The molecule has 4 aromatic heterocycles. The number of amides is 2. The van der Waals surface area contributed by atoms with Gasteiger partial charge in [-0.25, -0.2) is 9.97 Å². The Balaban J connectivity index is 0.754. The summed E-state index contributed by atoms with van der Waals surface area (Å²) in [5, 5.41) is 6.19. The minimum absolute atomic E-state index is 0.00973. The molecule has 2 aliphatic heterocycles. The van der Waals surface area contributed by atoms with Gasteiger partial charge in [-0.15, -0.1) is 0 Å². The monoisotopic (exact) mass is 841 g/mol. The second-order valence-corrected chi connectivity index (χ2v) is 15.6. The number of imide groups is 1. The van der Waals surface area contributed by atoms with Crippen LogP contribution in [-0.4, -0.2) is 126 Å². The average Bonchev–Trinajstić information content (AvgIpc) is 3.77. The number of piperazine rings is 1. The third kappa shape index (κ3) is 10.7. The van der Waals surface area contributed by atoms with Crippen molar-refractivity contribution in [2.45, 2.75) is 71.4 Å². The fraction of sp³-hybridized carbons (Fsp3) is 0.535. The minimum Gasteiger partial charge on any atom is -0.491 e. The molecule has 1 atom stereocenters. The summed E-state index contributed by atoms with van der Waals surface area (Å²) < 4.78 is 25.8. The van der Waals surface area contributed by atoms with Gasteiger partial charge in [0.1, 0.15) is 29.9 Å². The van der Waals surface area contributed by atoms with E-state index in [2.05, 4.69) is 30.4 Å². The van der Waals surface area contributed by atoms with Gasteiger partial charge in [0, 0.05) is 68.5 Å². The highest BCUT2D eigenvalue weighted by atomic mass is 16.6. The number of nitrogens with one attached hydrogen (secondary N) is 2. The number of carbonyl (C=O) groups excluding carboxylic acids is 3. The summed E-state index contributed by atoms with van der Waals surface area (Å²) in [6.45, 7) is 12.3. The van der Waals surface area contributed by atoms with E-state index >= 15 is 0 Å². The number of aromatic nitrogens is 5. The number of rotatable bonds is 19. The van der Waals surface area contributed by atoms with Gasteiger partial charge in [-0.2, -0.15) is 4.98 Å². The average molecular weight is 842 g/mol. The van der Waals surface area contributed by atoms with Gasteiger partial charge in [0.25, 0.3) is 11.1 Å². The number of hydrogen-bond acceptors (Lipinski definition) is 15. The summed E-state index contributed by atoms with van der Waals surface area (Å²) in [5.74, 6) is 0.293. The Kier molecular flexibility index (Phi) is 14.5. The Hall–Kier alpha value is -5.56. The van der Waals surface area contributed by atoms with Gasteiger partial charge in [-0.1, -0.05) is 12.8 Å². The molecule has 0 radical (unpaired) electrons. The number of pyridine rings is 3. The van der Waals surface area contributed by atoms with Gasteiger partial charge in [-0.05, 0) is 63.8 Å². The molecule has 2 N–H and O–H groups in total. The fourth-order valence-corrected chi connectivity index (χ4v) is 8.35. The molecule has 326 valence electrons. The fourth-order valence-electron chi connectivity index (χ4n) is 8.35. The molecular formula is C43H55N9O9. The molecule has 3 fully saturated rings. The second-order valence-electron chi connectivity index (χ2n) is 15.6. The van der Waals surface area contributed by atoms with Crippen LogP contribution >= 0.6 is 0 Å². The van der Waals surface area contributed by atoms with E-state index in [1.54, 1.807) is 30.7 Å². The summed E-state index contributed by atoms with van der Waals surface area (Å²) in [6, 6.07) is 6.27. The highest BCUT2D eigenvalue weighted by Crippen LogP contribution is 2.32. The lowest BCUT2D eigenvalue weighted by Gasteiger charge is -2.35. The van der Waals surface area contributed by atoms with Gasteiger partial charge in [-0.3, -0.25) is 38.8 Å². The molecule has 4 aromatic rings. The lowest BCUT2D eigenvalue weighted by molar-refractivity contribution is -0.135. The van der Waals surface area contributed by atoms with Crippen LogP contribution < -0.4 is 31.4 Å². The number of hydrogen-bond donors (Lipinski definition) is 2. The van der Waals surface area contributed by atoms with Crippen LogP contribution in [0.1, 0.15) is 79.1 Å². The molecule has 1 aliphatic carbocycles. The summed E-state index contributed by atoms with van der Waals surface area (Å²) >= 11 is 0. The molecule has 7 rings (SSSR count). The van der Waals surface area contributed by atoms with Gasteiger partial charge in [0.05, 0.1) is 57.1 Å². The Morgan fingerprint density at radius 2 is 1.54 bits per heavy atom. The lowest BCUT2D eigenvalue weighted by Crippen LogP contribution is -2.47. The van der Waals surface area contributed by atoms with Crippen LogP contribution in [0.25, 0.3) is 11.0 Å². The molecule has 1 saturated carbocycles. The van der Waals surface area contributed by atoms with E-state index in [0.29, 0.717) is 79.4 Å². The maximum Gasteiger partial charge on any atom is 0.263 e. The van der Waals surface area contributed by atoms with Crippen molar-refractivity contribution in [3.63, 3.8) is 0 Å². The third-order valence-corrected chi connectivity index (χ3v) is 11.5. The van der Waals surface area contributed by atoms with Crippen LogP contribution in [0.3, 0.4) is 0 Å². The first-order valence-electron chi connectivity index (χ1n) is 21.1. The minimum atomic E-state index is -0.709. The van der Waals surface area contributed by atoms with Crippen molar-refractivity contribution in [1.29, 1.82) is 0 Å². The van der Waals surface area contributed by atoms with Crippen LogP contribution in [0.5, 0.6) is 5.75 Å². The number of nitrogens with zero attached hydrogens (tertiary/aromatic N) is 7. The van der Waals surface area contributed by atoms with Gasteiger partial charge >= 0.3 is 0 Å². The predicted molar refractivity (Wildman–Crippen MR) is 227 cm³/mol. The predicted octanol–water partition coefficient (Wildman–Crippen LogP) is 3.25. The van der Waals surface area contributed by atoms with E-state index in [1.165, 1.54) is 17.6 Å². The van der Waals surface area contributed by atoms with Gasteiger partial charge < -0.3 is 33.7 Å². The zero-order chi connectivity index (χ0) is 42.9. The molecule has 2 amide bonds. The topological polar surface area (TPSA) is 201 Å². The normalized spacial score (nSPS) is 17.6. The van der Waals surface area contributed by atoms with Gasteiger partial charge in [0.15, 0.2) is 5.78 Å². The Bertz CT molecular complexity index is 2320. The van der Waals surface area contributed by atoms with Gasteiger partial charge in [0.2, 0.25) is 17.8 Å². The molecule has 18 nitrogen and oxygen atoms in total. The molecule has 6 heterocycles. The Morgan fingerprint density at radius 1 is 0.836 bits per heavy atom. The zero-order valence-electron chi connectivity index (χ0n) is 35.2. The third-order valence-electron chi connectivity index (χ3n) is 11.5. The van der Waals surface area contributed by atoms with E-state index in [0.717, 1.165) is 64.1 Å². The van der Waals surface area contributed by atoms with Crippen LogP contribution in [-0.2, 0) is 23.8 Å². The van der Waals surface area contributed by atoms with Crippen molar-refractivity contribution in [2.75, 3.05) is 89.2 Å². The number of fused-ring (bicyclic) bond motifs is 1. The molecule has 0 aromatic carbocycles. The van der Waals surface area contributed by atoms with E-state index < -0.39 is 11.9 Å². The number of aryl methyl sites for hydroxylation is 2. The van der Waals surface area contributed by atoms with Crippen molar-refractivity contribution < 1.29 is 33.3 Å². The zero-order valence-corrected chi connectivity index (χ0v) is 35.2.